The van der Waals surface area contributed by atoms with E-state index in [1.54, 1.807) is 0 Å². The quantitative estimate of drug-likeness (QED) is 0.249. The smallest absolute Gasteiger partial charge is 0.239 e. The lowest BCUT2D eigenvalue weighted by atomic mass is 9.47. The second-order valence-electron chi connectivity index (χ2n) is 10.1. The maximum absolute atomic E-state index is 14.3. The van der Waals surface area contributed by atoms with Gasteiger partial charge in [-0.1, -0.05) is 66.7 Å². The summed E-state index contributed by atoms with van der Waals surface area (Å²) in [6, 6.07) is 33.4. The Bertz CT molecular complexity index is 1540. The molecular formula is C33H26N2O3. The fourth-order valence-electron chi connectivity index (χ4n) is 6.85. The first-order valence-corrected chi connectivity index (χ1v) is 13.0. The number of nitrogens with zero attached hydrogens (tertiary/aromatic N) is 2. The molecule has 2 amide bonds. The summed E-state index contributed by atoms with van der Waals surface area (Å²) in [6.07, 6.45) is 1.92. The van der Waals surface area contributed by atoms with Gasteiger partial charge in [0.25, 0.3) is 0 Å². The van der Waals surface area contributed by atoms with E-state index in [-0.39, 0.29) is 17.7 Å². The van der Waals surface area contributed by atoms with Crippen LogP contribution in [-0.2, 0) is 15.0 Å². The predicted octanol–water partition coefficient (Wildman–Crippen LogP) is 6.04. The molecule has 1 fully saturated rings. The highest BCUT2D eigenvalue weighted by Crippen LogP contribution is 2.63. The van der Waals surface area contributed by atoms with Gasteiger partial charge >= 0.3 is 0 Å². The van der Waals surface area contributed by atoms with E-state index in [2.05, 4.69) is 24.3 Å². The van der Waals surface area contributed by atoms with Crippen molar-refractivity contribution in [3.63, 3.8) is 0 Å². The van der Waals surface area contributed by atoms with Gasteiger partial charge in [0.05, 0.1) is 35.2 Å². The number of benzene rings is 4. The van der Waals surface area contributed by atoms with Gasteiger partial charge in [-0.05, 0) is 65.6 Å². The molecule has 0 spiro atoms. The molecule has 38 heavy (non-hydrogen) atoms. The molecule has 4 aromatic rings. The van der Waals surface area contributed by atoms with E-state index in [1.807, 2.05) is 92.0 Å². The lowest BCUT2D eigenvalue weighted by molar-refractivity contribution is -0.122. The van der Waals surface area contributed by atoms with Gasteiger partial charge in [-0.3, -0.25) is 14.6 Å². The minimum atomic E-state index is -0.874. The topological polar surface area (TPSA) is 59.0 Å². The van der Waals surface area contributed by atoms with Crippen LogP contribution in [0.2, 0.25) is 0 Å². The van der Waals surface area contributed by atoms with Crippen molar-refractivity contribution >= 4 is 29.4 Å². The molecule has 2 atom stereocenters. The van der Waals surface area contributed by atoms with Gasteiger partial charge < -0.3 is 4.74 Å². The zero-order chi connectivity index (χ0) is 25.9. The number of anilines is 1. The third-order valence-corrected chi connectivity index (χ3v) is 8.26. The minimum absolute atomic E-state index is 0.140. The molecule has 0 N–H and O–H groups in total. The van der Waals surface area contributed by atoms with Crippen molar-refractivity contribution < 1.29 is 14.3 Å². The zero-order valence-corrected chi connectivity index (χ0v) is 21.0. The SMILES string of the molecule is CCOc1ccc(N=CC23c4ccccc4C(c4ccccc42)[C@H]2C(=O)N(c4ccccc4)C(=O)[C@H]23)cc1. The van der Waals surface area contributed by atoms with Gasteiger partial charge in [0, 0.05) is 12.1 Å². The molecule has 186 valence electrons. The number of rotatable bonds is 5. The third-order valence-electron chi connectivity index (χ3n) is 8.26. The fraction of sp³-hybridized carbons (Fsp3) is 0.182. The first-order chi connectivity index (χ1) is 18.6. The molecule has 5 nitrogen and oxygen atoms in total. The number of para-hydroxylation sites is 1. The molecule has 0 saturated carbocycles. The van der Waals surface area contributed by atoms with Gasteiger partial charge in [0.1, 0.15) is 5.75 Å². The Kier molecular flexibility index (Phi) is 5.08. The first-order valence-electron chi connectivity index (χ1n) is 13.0. The highest BCUT2D eigenvalue weighted by molar-refractivity contribution is 6.25. The average Bonchev–Trinajstić information content (AvgIpc) is 3.24. The predicted molar refractivity (Wildman–Crippen MR) is 147 cm³/mol. The van der Waals surface area contributed by atoms with E-state index < -0.39 is 17.3 Å². The summed E-state index contributed by atoms with van der Waals surface area (Å²) >= 11 is 0. The number of amides is 2. The summed E-state index contributed by atoms with van der Waals surface area (Å²) in [7, 11) is 0. The molecule has 1 heterocycles. The summed E-state index contributed by atoms with van der Waals surface area (Å²) in [6.45, 7) is 2.55. The number of aliphatic imine (C=N–C) groups is 1. The summed E-state index contributed by atoms with van der Waals surface area (Å²) in [4.78, 5) is 34.8. The third kappa shape index (κ3) is 3.02. The highest BCUT2D eigenvalue weighted by Gasteiger charge is 2.67. The van der Waals surface area contributed by atoms with Crippen LogP contribution in [0.1, 0.15) is 35.1 Å². The van der Waals surface area contributed by atoms with Crippen LogP contribution < -0.4 is 9.64 Å². The van der Waals surface area contributed by atoms with E-state index in [0.717, 1.165) is 33.7 Å². The second kappa shape index (κ2) is 8.52. The van der Waals surface area contributed by atoms with E-state index >= 15 is 0 Å². The van der Waals surface area contributed by atoms with Crippen molar-refractivity contribution in [1.29, 1.82) is 0 Å². The number of carbonyl (C=O) groups is 2. The maximum atomic E-state index is 14.3. The van der Waals surface area contributed by atoms with Crippen LogP contribution in [0.3, 0.4) is 0 Å². The van der Waals surface area contributed by atoms with Crippen LogP contribution in [0.25, 0.3) is 0 Å². The van der Waals surface area contributed by atoms with Crippen molar-refractivity contribution in [2.24, 2.45) is 16.8 Å². The van der Waals surface area contributed by atoms with Crippen molar-refractivity contribution in [1.82, 2.24) is 0 Å². The van der Waals surface area contributed by atoms with Crippen LogP contribution in [-0.4, -0.2) is 24.6 Å². The van der Waals surface area contributed by atoms with Crippen molar-refractivity contribution in [3.05, 3.63) is 125 Å². The van der Waals surface area contributed by atoms with Crippen molar-refractivity contribution in [2.75, 3.05) is 11.5 Å². The molecule has 5 heteroatoms. The van der Waals surface area contributed by atoms with Gasteiger partial charge in [-0.15, -0.1) is 0 Å². The van der Waals surface area contributed by atoms with Gasteiger partial charge in [-0.2, -0.15) is 0 Å². The summed E-state index contributed by atoms with van der Waals surface area (Å²) in [5.74, 6) is -0.792. The van der Waals surface area contributed by atoms with Crippen LogP contribution >= 0.6 is 0 Å². The summed E-state index contributed by atoms with van der Waals surface area (Å²) in [5, 5.41) is 0. The van der Waals surface area contributed by atoms with Crippen LogP contribution in [0.4, 0.5) is 11.4 Å². The number of ether oxygens (including phenoxy) is 1. The van der Waals surface area contributed by atoms with Gasteiger partial charge in [0.15, 0.2) is 0 Å². The monoisotopic (exact) mass is 498 g/mol. The Morgan fingerprint density at radius 1 is 0.789 bits per heavy atom. The summed E-state index contributed by atoms with van der Waals surface area (Å²) < 4.78 is 5.59. The van der Waals surface area contributed by atoms with E-state index in [0.29, 0.717) is 12.3 Å². The highest BCUT2D eigenvalue weighted by atomic mass is 16.5. The second-order valence-corrected chi connectivity index (χ2v) is 10.1. The lowest BCUT2D eigenvalue weighted by Gasteiger charge is -2.52. The standard InChI is InChI=1S/C33H26N2O3/c1-2-38-23-18-16-21(17-19-23)34-20-33-26-14-8-6-12-24(26)28(25-13-7-9-15-27(25)33)29-30(33)32(37)35(31(29)36)22-10-4-3-5-11-22/h3-20,28-30H,2H2,1H3/t28?,29-,30+,33?/m1/s1. The van der Waals surface area contributed by atoms with E-state index in [4.69, 9.17) is 9.73 Å². The Labute approximate surface area is 221 Å². The Morgan fingerprint density at radius 2 is 1.39 bits per heavy atom. The van der Waals surface area contributed by atoms with Crippen molar-refractivity contribution in [3.8, 4) is 5.75 Å². The zero-order valence-electron chi connectivity index (χ0n) is 21.0. The van der Waals surface area contributed by atoms with E-state index in [1.165, 1.54) is 4.90 Å². The average molecular weight is 499 g/mol. The molecule has 0 radical (unpaired) electrons. The normalized spacial score (nSPS) is 24.9. The molecule has 2 bridgehead atoms. The van der Waals surface area contributed by atoms with Crippen LogP contribution in [0.15, 0.2) is 108 Å². The Balaban J connectivity index is 1.46. The molecule has 0 unspecified atom stereocenters. The number of hydrogen-bond donors (Lipinski definition) is 0. The van der Waals surface area contributed by atoms with Gasteiger partial charge in [-0.25, -0.2) is 4.90 Å². The minimum Gasteiger partial charge on any atom is -0.494 e. The maximum Gasteiger partial charge on any atom is 0.239 e. The fourth-order valence-corrected chi connectivity index (χ4v) is 6.85. The van der Waals surface area contributed by atoms with Crippen molar-refractivity contribution in [2.45, 2.75) is 18.3 Å². The molecule has 8 rings (SSSR count). The lowest BCUT2D eigenvalue weighted by Crippen LogP contribution is -2.54. The first kappa shape index (κ1) is 22.7. The number of carbonyl (C=O) groups excluding carboxylic acids is 2. The van der Waals surface area contributed by atoms with Crippen LogP contribution in [0.5, 0.6) is 5.75 Å². The molecule has 0 aromatic heterocycles. The number of hydrogen-bond acceptors (Lipinski definition) is 4. The Morgan fingerprint density at radius 3 is 2.03 bits per heavy atom. The molecule has 4 aromatic carbocycles. The molecule has 4 aliphatic rings. The largest absolute Gasteiger partial charge is 0.494 e. The number of imide groups is 1. The Hall–Kier alpha value is -4.51. The summed E-state index contributed by atoms with van der Waals surface area (Å²) in [5.41, 5.74) is 4.80. The molecule has 3 aliphatic carbocycles. The van der Waals surface area contributed by atoms with Crippen LogP contribution in [0, 0.1) is 11.8 Å². The van der Waals surface area contributed by atoms with Gasteiger partial charge in [0.2, 0.25) is 11.8 Å². The van der Waals surface area contributed by atoms with E-state index in [9.17, 15) is 9.59 Å². The molecule has 1 aliphatic heterocycles. The molecular weight excluding hydrogens is 472 g/mol. The molecule has 1 saturated heterocycles.